The van der Waals surface area contributed by atoms with E-state index in [0.29, 0.717) is 11.8 Å². The number of ether oxygens (including phenoxy) is 1. The number of guanidine groups is 1. The summed E-state index contributed by atoms with van der Waals surface area (Å²) < 4.78 is 11.9. The highest BCUT2D eigenvalue weighted by Gasteiger charge is 2.25. The van der Waals surface area contributed by atoms with Crippen LogP contribution in [-0.4, -0.2) is 68.7 Å². The number of rotatable bonds is 9. The second kappa shape index (κ2) is 12.7. The molecule has 1 aliphatic heterocycles. The van der Waals surface area contributed by atoms with Crippen molar-refractivity contribution in [3.63, 3.8) is 0 Å². The van der Waals surface area contributed by atoms with Crippen molar-refractivity contribution in [3.8, 4) is 5.75 Å². The SMILES string of the molecule is CN=C(N)N(c1cc2ccccc2o1)c1cc(CCCCN2CCN(C3CCCCC3)CC2)ccc1OC. The molecule has 2 fully saturated rings. The van der Waals surface area contributed by atoms with Crippen molar-refractivity contribution in [2.24, 2.45) is 10.7 Å². The Kier molecular flexibility index (Phi) is 8.86. The molecule has 204 valence electrons. The smallest absolute Gasteiger partial charge is 0.208 e. The van der Waals surface area contributed by atoms with Gasteiger partial charge in [-0.05, 0) is 62.4 Å². The van der Waals surface area contributed by atoms with Crippen LogP contribution in [0.2, 0.25) is 0 Å². The molecule has 1 saturated carbocycles. The van der Waals surface area contributed by atoms with E-state index in [4.69, 9.17) is 14.9 Å². The number of hydrogen-bond acceptors (Lipinski definition) is 5. The first-order chi connectivity index (χ1) is 18.7. The quantitative estimate of drug-likeness (QED) is 0.220. The summed E-state index contributed by atoms with van der Waals surface area (Å²) in [7, 11) is 3.37. The predicted octanol–water partition coefficient (Wildman–Crippen LogP) is 5.80. The lowest BCUT2D eigenvalue weighted by atomic mass is 9.94. The van der Waals surface area contributed by atoms with Crippen molar-refractivity contribution in [2.45, 2.75) is 57.4 Å². The van der Waals surface area contributed by atoms with Gasteiger partial charge in [-0.25, -0.2) is 4.90 Å². The molecule has 1 saturated heterocycles. The van der Waals surface area contributed by atoms with Gasteiger partial charge in [0.15, 0.2) is 0 Å². The van der Waals surface area contributed by atoms with Crippen molar-refractivity contribution in [1.82, 2.24) is 9.80 Å². The minimum atomic E-state index is 0.354. The standard InChI is InChI=1S/C31H43N5O2/c1-33-31(32)36(30-23-25-11-6-7-14-28(25)38-30)27-22-24(15-16-29(27)37-2)10-8-9-17-34-18-20-35(21-19-34)26-12-4-3-5-13-26/h6-7,11,14-16,22-23,26H,3-5,8-10,12-13,17-21H2,1-2H3,(H2,32,33). The Morgan fingerprint density at radius 1 is 1.03 bits per heavy atom. The second-order valence-corrected chi connectivity index (χ2v) is 10.7. The van der Waals surface area contributed by atoms with E-state index in [1.807, 2.05) is 41.3 Å². The number of piperazine rings is 1. The molecule has 0 unspecified atom stereocenters. The van der Waals surface area contributed by atoms with Crippen LogP contribution in [0.3, 0.4) is 0 Å². The maximum Gasteiger partial charge on any atom is 0.208 e. The molecule has 5 rings (SSSR count). The molecule has 1 aliphatic carbocycles. The molecule has 3 aromatic rings. The summed E-state index contributed by atoms with van der Waals surface area (Å²) >= 11 is 0. The van der Waals surface area contributed by atoms with E-state index in [9.17, 15) is 0 Å². The van der Waals surface area contributed by atoms with E-state index < -0.39 is 0 Å². The molecule has 0 bridgehead atoms. The van der Waals surface area contributed by atoms with Crippen LogP contribution in [-0.2, 0) is 6.42 Å². The number of nitrogens with two attached hydrogens (primary N) is 1. The van der Waals surface area contributed by atoms with Gasteiger partial charge in [0, 0.05) is 50.7 Å². The number of fused-ring (bicyclic) bond motifs is 1. The molecule has 2 aromatic carbocycles. The van der Waals surface area contributed by atoms with E-state index in [0.717, 1.165) is 41.3 Å². The number of para-hydroxylation sites is 1. The van der Waals surface area contributed by atoms with Gasteiger partial charge in [0.1, 0.15) is 11.3 Å². The minimum absolute atomic E-state index is 0.354. The first kappa shape index (κ1) is 26.6. The Labute approximate surface area is 227 Å². The summed E-state index contributed by atoms with van der Waals surface area (Å²) in [4.78, 5) is 11.5. The second-order valence-electron chi connectivity index (χ2n) is 10.7. The van der Waals surface area contributed by atoms with E-state index in [2.05, 4.69) is 26.9 Å². The Morgan fingerprint density at radius 2 is 1.82 bits per heavy atom. The Balaban J connectivity index is 1.20. The molecule has 7 nitrogen and oxygen atoms in total. The van der Waals surface area contributed by atoms with Gasteiger partial charge in [-0.1, -0.05) is 43.5 Å². The summed E-state index contributed by atoms with van der Waals surface area (Å²) in [5.41, 5.74) is 9.30. The lowest BCUT2D eigenvalue weighted by Gasteiger charge is -2.40. The summed E-state index contributed by atoms with van der Waals surface area (Å²) in [6.07, 6.45) is 10.5. The summed E-state index contributed by atoms with van der Waals surface area (Å²) in [5, 5.41) is 1.02. The number of benzene rings is 2. The molecule has 0 radical (unpaired) electrons. The third-order valence-electron chi connectivity index (χ3n) is 8.26. The normalized spacial score (nSPS) is 18.2. The highest BCUT2D eigenvalue weighted by molar-refractivity contribution is 6.03. The van der Waals surface area contributed by atoms with Gasteiger partial charge in [0.25, 0.3) is 0 Å². The van der Waals surface area contributed by atoms with Gasteiger partial charge in [0.2, 0.25) is 11.8 Å². The number of methoxy groups -OCH3 is 1. The maximum atomic E-state index is 6.39. The number of unbranched alkanes of at least 4 members (excludes halogenated alkanes) is 1. The maximum absolute atomic E-state index is 6.39. The topological polar surface area (TPSA) is 70.5 Å². The zero-order valence-electron chi connectivity index (χ0n) is 23.1. The third-order valence-corrected chi connectivity index (χ3v) is 8.26. The van der Waals surface area contributed by atoms with Crippen molar-refractivity contribution in [2.75, 3.05) is 51.8 Å². The van der Waals surface area contributed by atoms with Gasteiger partial charge in [-0.2, -0.15) is 0 Å². The van der Waals surface area contributed by atoms with Crippen LogP contribution in [0.5, 0.6) is 5.75 Å². The minimum Gasteiger partial charge on any atom is -0.495 e. The molecule has 0 atom stereocenters. The van der Waals surface area contributed by atoms with Crippen LogP contribution < -0.4 is 15.4 Å². The van der Waals surface area contributed by atoms with Gasteiger partial charge < -0.3 is 19.8 Å². The van der Waals surface area contributed by atoms with Gasteiger partial charge in [-0.15, -0.1) is 0 Å². The fraction of sp³-hybridized carbons (Fsp3) is 0.516. The number of aryl methyl sites for hydroxylation is 1. The van der Waals surface area contributed by atoms with Crippen LogP contribution in [0.25, 0.3) is 11.0 Å². The van der Waals surface area contributed by atoms with Crippen LogP contribution in [0.15, 0.2) is 57.9 Å². The molecule has 2 N–H and O–H groups in total. The average molecular weight is 518 g/mol. The fourth-order valence-electron chi connectivity index (χ4n) is 6.06. The van der Waals surface area contributed by atoms with Crippen molar-refractivity contribution in [3.05, 3.63) is 54.1 Å². The average Bonchev–Trinajstić information content (AvgIpc) is 3.40. The molecule has 38 heavy (non-hydrogen) atoms. The lowest BCUT2D eigenvalue weighted by Crippen LogP contribution is -2.50. The summed E-state index contributed by atoms with van der Waals surface area (Å²) in [6.45, 7) is 6.09. The van der Waals surface area contributed by atoms with Crippen molar-refractivity contribution in [1.29, 1.82) is 0 Å². The van der Waals surface area contributed by atoms with E-state index in [1.165, 1.54) is 76.8 Å². The first-order valence-corrected chi connectivity index (χ1v) is 14.3. The van der Waals surface area contributed by atoms with E-state index >= 15 is 0 Å². The first-order valence-electron chi connectivity index (χ1n) is 14.3. The number of nitrogens with zero attached hydrogens (tertiary/aromatic N) is 4. The molecule has 2 aliphatic rings. The Bertz CT molecular complexity index is 1170. The molecule has 7 heteroatoms. The van der Waals surface area contributed by atoms with Gasteiger partial charge >= 0.3 is 0 Å². The molecular formula is C31H43N5O2. The lowest BCUT2D eigenvalue weighted by molar-refractivity contribution is 0.0782. The molecular weight excluding hydrogens is 474 g/mol. The number of aliphatic imine (C=N–C) groups is 1. The summed E-state index contributed by atoms with van der Waals surface area (Å²) in [6, 6.07) is 17.1. The Hall–Kier alpha value is -3.03. The Morgan fingerprint density at radius 3 is 2.55 bits per heavy atom. The largest absolute Gasteiger partial charge is 0.495 e. The number of anilines is 2. The zero-order valence-corrected chi connectivity index (χ0v) is 23.1. The van der Waals surface area contributed by atoms with Gasteiger partial charge in [0.05, 0.1) is 12.8 Å². The van der Waals surface area contributed by atoms with Crippen molar-refractivity contribution >= 4 is 28.5 Å². The van der Waals surface area contributed by atoms with Gasteiger partial charge in [-0.3, -0.25) is 9.89 Å². The fourth-order valence-corrected chi connectivity index (χ4v) is 6.06. The van der Waals surface area contributed by atoms with E-state index in [1.54, 1.807) is 14.2 Å². The molecule has 0 spiro atoms. The molecule has 0 amide bonds. The third kappa shape index (κ3) is 6.16. The number of hydrogen-bond donors (Lipinski definition) is 1. The predicted molar refractivity (Wildman–Crippen MR) is 157 cm³/mol. The molecule has 2 heterocycles. The van der Waals surface area contributed by atoms with Crippen molar-refractivity contribution < 1.29 is 9.15 Å². The monoisotopic (exact) mass is 517 g/mol. The highest BCUT2D eigenvalue weighted by Crippen LogP contribution is 2.37. The van der Waals surface area contributed by atoms with Crippen LogP contribution >= 0.6 is 0 Å². The number of furan rings is 1. The van der Waals surface area contributed by atoms with E-state index in [-0.39, 0.29) is 0 Å². The van der Waals surface area contributed by atoms with Crippen LogP contribution in [0, 0.1) is 0 Å². The highest BCUT2D eigenvalue weighted by atomic mass is 16.5. The zero-order chi connectivity index (χ0) is 26.3. The molecule has 1 aromatic heterocycles. The summed E-state index contributed by atoms with van der Waals surface area (Å²) in [5.74, 6) is 1.71. The van der Waals surface area contributed by atoms with Crippen LogP contribution in [0.1, 0.15) is 50.5 Å². The van der Waals surface area contributed by atoms with Crippen LogP contribution in [0.4, 0.5) is 11.6 Å².